The maximum atomic E-state index is 13.0. The number of phenols is 1. The fourth-order valence-electron chi connectivity index (χ4n) is 3.58. The Bertz CT molecular complexity index is 1170. The van der Waals surface area contributed by atoms with E-state index in [2.05, 4.69) is 9.71 Å². The normalized spacial score (nSPS) is 12.7. The molecule has 0 saturated heterocycles. The van der Waals surface area contributed by atoms with E-state index in [9.17, 15) is 13.5 Å². The van der Waals surface area contributed by atoms with Crippen LogP contribution in [0.2, 0.25) is 0 Å². The number of rotatable bonds is 5. The predicted molar refractivity (Wildman–Crippen MR) is 129 cm³/mol. The summed E-state index contributed by atoms with van der Waals surface area (Å²) in [6, 6.07) is 14.3. The summed E-state index contributed by atoms with van der Waals surface area (Å²) < 4.78 is 28.8. The maximum Gasteiger partial charge on any atom is 0.240 e. The van der Waals surface area contributed by atoms with Crippen molar-refractivity contribution in [3.8, 4) is 16.9 Å². The average Bonchev–Trinajstić information content (AvgIpc) is 2.72. The number of nitrogens with one attached hydrogen (secondary N) is 1. The van der Waals surface area contributed by atoms with Gasteiger partial charge < -0.3 is 5.11 Å². The standard InChI is InChI=1S/C26H32N2O3S/c1-25(2,3)22-13-18(14-23(24(22)29)26(4,5)6)16-28-32(30,31)21-11-7-9-19(15-21)20-10-8-12-27-17-20/h7-15,17,28-29H,16H2,1-6H3. The number of hydrogen-bond acceptors (Lipinski definition) is 4. The fourth-order valence-corrected chi connectivity index (χ4v) is 4.64. The van der Waals surface area contributed by atoms with Crippen LogP contribution in [0.3, 0.4) is 0 Å². The lowest BCUT2D eigenvalue weighted by molar-refractivity contribution is 0.422. The van der Waals surface area contributed by atoms with Crippen molar-refractivity contribution in [3.05, 3.63) is 77.6 Å². The summed E-state index contributed by atoms with van der Waals surface area (Å²) in [7, 11) is -3.73. The highest BCUT2D eigenvalue weighted by atomic mass is 32.2. The van der Waals surface area contributed by atoms with Gasteiger partial charge in [-0.3, -0.25) is 4.98 Å². The van der Waals surface area contributed by atoms with E-state index < -0.39 is 10.0 Å². The van der Waals surface area contributed by atoms with Crippen molar-refractivity contribution in [2.75, 3.05) is 0 Å². The number of nitrogens with zero attached hydrogens (tertiary/aromatic N) is 1. The zero-order valence-corrected chi connectivity index (χ0v) is 20.4. The second-order valence-electron chi connectivity index (χ2n) is 10.1. The smallest absolute Gasteiger partial charge is 0.240 e. The molecule has 0 aliphatic heterocycles. The molecule has 1 heterocycles. The van der Waals surface area contributed by atoms with E-state index in [0.717, 1.165) is 27.8 Å². The van der Waals surface area contributed by atoms with E-state index in [1.54, 1.807) is 30.6 Å². The van der Waals surface area contributed by atoms with E-state index in [-0.39, 0.29) is 28.0 Å². The number of benzene rings is 2. The molecule has 6 heteroatoms. The van der Waals surface area contributed by atoms with Crippen LogP contribution in [-0.4, -0.2) is 18.5 Å². The van der Waals surface area contributed by atoms with Gasteiger partial charge in [-0.1, -0.05) is 71.9 Å². The summed E-state index contributed by atoms with van der Waals surface area (Å²) in [5.74, 6) is 0.278. The summed E-state index contributed by atoms with van der Waals surface area (Å²) in [5, 5.41) is 10.9. The number of phenolic OH excluding ortho intramolecular Hbond substituents is 1. The van der Waals surface area contributed by atoms with Crippen molar-refractivity contribution in [2.45, 2.75) is 63.8 Å². The van der Waals surface area contributed by atoms with Crippen molar-refractivity contribution >= 4 is 10.0 Å². The molecule has 2 aromatic carbocycles. The Morgan fingerprint density at radius 3 is 2.00 bits per heavy atom. The quantitative estimate of drug-likeness (QED) is 0.534. The number of pyridine rings is 1. The molecule has 3 rings (SSSR count). The van der Waals surface area contributed by atoms with Crippen LogP contribution >= 0.6 is 0 Å². The van der Waals surface area contributed by atoms with E-state index in [4.69, 9.17) is 0 Å². The maximum absolute atomic E-state index is 13.0. The Morgan fingerprint density at radius 1 is 0.875 bits per heavy atom. The third-order valence-corrected chi connectivity index (χ3v) is 6.79. The monoisotopic (exact) mass is 452 g/mol. The van der Waals surface area contributed by atoms with Crippen molar-refractivity contribution in [1.29, 1.82) is 0 Å². The topological polar surface area (TPSA) is 79.3 Å². The van der Waals surface area contributed by atoms with Gasteiger partial charge in [0.1, 0.15) is 5.75 Å². The summed E-state index contributed by atoms with van der Waals surface area (Å²) in [4.78, 5) is 4.31. The predicted octanol–water partition coefficient (Wildman–Crippen LogP) is 5.53. The second kappa shape index (κ2) is 8.68. The van der Waals surface area contributed by atoms with Crippen LogP contribution in [0.15, 0.2) is 65.8 Å². The van der Waals surface area contributed by atoms with Crippen LogP contribution in [0.25, 0.3) is 11.1 Å². The molecule has 0 spiro atoms. The molecule has 0 saturated carbocycles. The van der Waals surface area contributed by atoms with E-state index >= 15 is 0 Å². The molecule has 3 aromatic rings. The molecular formula is C26H32N2O3S. The van der Waals surface area contributed by atoms with Gasteiger partial charge in [0, 0.05) is 24.5 Å². The molecule has 0 bridgehead atoms. The summed E-state index contributed by atoms with van der Waals surface area (Å²) in [6.07, 6.45) is 3.39. The SMILES string of the molecule is CC(C)(C)c1cc(CNS(=O)(=O)c2cccc(-c3cccnc3)c2)cc(C(C)(C)C)c1O. The Morgan fingerprint density at radius 2 is 1.47 bits per heavy atom. The fraction of sp³-hybridized carbons (Fsp3) is 0.346. The van der Waals surface area contributed by atoms with Crippen LogP contribution in [0, 0.1) is 0 Å². The van der Waals surface area contributed by atoms with Gasteiger partial charge in [-0.15, -0.1) is 0 Å². The number of aromatic hydroxyl groups is 1. The van der Waals surface area contributed by atoms with Crippen molar-refractivity contribution < 1.29 is 13.5 Å². The van der Waals surface area contributed by atoms with Crippen LogP contribution in [0.5, 0.6) is 5.75 Å². The minimum absolute atomic E-state index is 0.131. The third-order valence-electron chi connectivity index (χ3n) is 5.39. The first-order chi connectivity index (χ1) is 14.8. The average molecular weight is 453 g/mol. The minimum atomic E-state index is -3.73. The lowest BCUT2D eigenvalue weighted by Gasteiger charge is -2.28. The molecule has 0 aliphatic carbocycles. The molecule has 0 amide bonds. The first-order valence-electron chi connectivity index (χ1n) is 10.7. The summed E-state index contributed by atoms with van der Waals surface area (Å²) in [5.41, 5.74) is 3.50. The van der Waals surface area contributed by atoms with Gasteiger partial charge in [-0.25, -0.2) is 13.1 Å². The van der Waals surface area contributed by atoms with Crippen molar-refractivity contribution in [2.24, 2.45) is 0 Å². The lowest BCUT2D eigenvalue weighted by Crippen LogP contribution is -2.24. The Balaban J connectivity index is 1.92. The molecule has 0 radical (unpaired) electrons. The number of aromatic nitrogens is 1. The minimum Gasteiger partial charge on any atom is -0.507 e. The molecular weight excluding hydrogens is 420 g/mol. The van der Waals surface area contributed by atoms with Gasteiger partial charge >= 0.3 is 0 Å². The molecule has 2 N–H and O–H groups in total. The summed E-state index contributed by atoms with van der Waals surface area (Å²) in [6.45, 7) is 12.3. The highest BCUT2D eigenvalue weighted by Gasteiger charge is 2.27. The largest absolute Gasteiger partial charge is 0.507 e. The van der Waals surface area contributed by atoms with Crippen LogP contribution in [0.1, 0.15) is 58.2 Å². The molecule has 32 heavy (non-hydrogen) atoms. The first-order valence-corrected chi connectivity index (χ1v) is 12.1. The van der Waals surface area contributed by atoms with Crippen molar-refractivity contribution in [1.82, 2.24) is 9.71 Å². The zero-order valence-electron chi connectivity index (χ0n) is 19.6. The Hall–Kier alpha value is -2.70. The Kier molecular flexibility index (Phi) is 6.50. The highest BCUT2D eigenvalue weighted by Crippen LogP contribution is 2.39. The molecule has 0 atom stereocenters. The van der Waals surface area contributed by atoms with E-state index in [1.807, 2.05) is 71.9 Å². The third kappa shape index (κ3) is 5.37. The molecule has 0 fully saturated rings. The first kappa shape index (κ1) is 24.0. The van der Waals surface area contributed by atoms with Gasteiger partial charge in [-0.2, -0.15) is 0 Å². The zero-order chi connectivity index (χ0) is 23.7. The highest BCUT2D eigenvalue weighted by molar-refractivity contribution is 7.89. The molecule has 0 unspecified atom stereocenters. The lowest BCUT2D eigenvalue weighted by atomic mass is 9.78. The van der Waals surface area contributed by atoms with E-state index in [1.165, 1.54) is 0 Å². The van der Waals surface area contributed by atoms with Crippen LogP contribution in [-0.2, 0) is 27.4 Å². The van der Waals surface area contributed by atoms with Crippen molar-refractivity contribution in [3.63, 3.8) is 0 Å². The van der Waals surface area contributed by atoms with Gasteiger partial charge in [0.25, 0.3) is 0 Å². The van der Waals surface area contributed by atoms with Gasteiger partial charge in [-0.05, 0) is 51.3 Å². The van der Waals surface area contributed by atoms with Gasteiger partial charge in [0.15, 0.2) is 0 Å². The molecule has 0 aliphatic rings. The molecule has 170 valence electrons. The summed E-state index contributed by atoms with van der Waals surface area (Å²) >= 11 is 0. The number of hydrogen-bond donors (Lipinski definition) is 2. The number of sulfonamides is 1. The van der Waals surface area contributed by atoms with Gasteiger partial charge in [0.2, 0.25) is 10.0 Å². The van der Waals surface area contributed by atoms with E-state index in [0.29, 0.717) is 0 Å². The molecule has 1 aromatic heterocycles. The van der Waals surface area contributed by atoms with Gasteiger partial charge in [0.05, 0.1) is 4.90 Å². The van der Waals surface area contributed by atoms with Crippen LogP contribution < -0.4 is 4.72 Å². The Labute approximate surface area is 191 Å². The second-order valence-corrected chi connectivity index (χ2v) is 11.9. The van der Waals surface area contributed by atoms with Crippen LogP contribution in [0.4, 0.5) is 0 Å². The molecule has 5 nitrogen and oxygen atoms in total.